The molecule has 0 unspecified atom stereocenters. The Bertz CT molecular complexity index is 766. The molecule has 1 N–H and O–H groups in total. The quantitative estimate of drug-likeness (QED) is 0.253. The Balaban J connectivity index is 0.000000364. The molecule has 2 nitrogen and oxygen atoms in total. The Hall–Kier alpha value is 0.0938. The maximum Gasteiger partial charge on any atom is 0.170 e. The van der Waals surface area contributed by atoms with Crippen molar-refractivity contribution in [1.82, 2.24) is 0 Å². The van der Waals surface area contributed by atoms with Crippen LogP contribution in [0.15, 0.2) is 11.6 Å². The highest BCUT2D eigenvalue weighted by atomic mass is 28.4. The van der Waals surface area contributed by atoms with Crippen LogP contribution in [0, 0.1) is 46.3 Å². The van der Waals surface area contributed by atoms with Crippen LogP contribution in [0.5, 0.6) is 0 Å². The van der Waals surface area contributed by atoms with Crippen LogP contribution in [-0.4, -0.2) is 27.8 Å². The van der Waals surface area contributed by atoms with Gasteiger partial charge in [0.1, 0.15) is 0 Å². The van der Waals surface area contributed by atoms with E-state index in [1.54, 1.807) is 5.57 Å². The topological polar surface area (TPSA) is 29.5 Å². The molecule has 3 saturated carbocycles. The SMILES string of the molecule is CC(C)CCC[C@@H](C)[C@H]1CC[C@H]2[C@@H]3CC=C4C[C@@H](O)CC[C@]4(C)[C@H]3CC[C@]12C.C[Si](C)(C)O[Si](C)(C)C. The maximum atomic E-state index is 10.2. The first-order valence-electron chi connectivity index (χ1n) is 16.0. The second-order valence-corrected chi connectivity index (χ2v) is 25.8. The molecule has 0 bridgehead atoms. The number of allylic oxidation sites excluding steroid dienone is 1. The summed E-state index contributed by atoms with van der Waals surface area (Å²) in [5.74, 6) is 5.46. The average Bonchev–Trinajstić information content (AvgIpc) is 3.09. The van der Waals surface area contributed by atoms with Crippen molar-refractivity contribution in [2.75, 3.05) is 0 Å². The van der Waals surface area contributed by atoms with Gasteiger partial charge in [0.2, 0.25) is 0 Å². The molecular formula is C33H64O2Si2. The molecule has 0 heterocycles. The Labute approximate surface area is 234 Å². The smallest absolute Gasteiger partial charge is 0.170 e. The van der Waals surface area contributed by atoms with E-state index in [9.17, 15) is 5.11 Å². The zero-order valence-corrected chi connectivity index (χ0v) is 28.8. The predicted octanol–water partition coefficient (Wildman–Crippen LogP) is 10.1. The van der Waals surface area contributed by atoms with Crippen LogP contribution in [-0.2, 0) is 4.12 Å². The fourth-order valence-corrected chi connectivity index (χ4v) is 16.9. The molecule has 0 aromatic rings. The molecule has 0 spiro atoms. The summed E-state index contributed by atoms with van der Waals surface area (Å²) in [4.78, 5) is 0. The van der Waals surface area contributed by atoms with E-state index in [0.717, 1.165) is 48.3 Å². The Morgan fingerprint density at radius 3 is 2.11 bits per heavy atom. The lowest BCUT2D eigenvalue weighted by atomic mass is 9.47. The molecule has 0 saturated heterocycles. The molecule has 4 rings (SSSR count). The summed E-state index contributed by atoms with van der Waals surface area (Å²) in [5, 5.41) is 10.2. The lowest BCUT2D eigenvalue weighted by Gasteiger charge is -2.58. The minimum atomic E-state index is -1.23. The van der Waals surface area contributed by atoms with E-state index in [-0.39, 0.29) is 6.10 Å². The van der Waals surface area contributed by atoms with Crippen molar-refractivity contribution in [2.24, 2.45) is 46.3 Å². The van der Waals surface area contributed by atoms with Crippen LogP contribution in [0.25, 0.3) is 0 Å². The van der Waals surface area contributed by atoms with Crippen molar-refractivity contribution >= 4 is 16.6 Å². The third-order valence-corrected chi connectivity index (χ3v) is 15.8. The van der Waals surface area contributed by atoms with Gasteiger partial charge in [0, 0.05) is 0 Å². The van der Waals surface area contributed by atoms with Gasteiger partial charge < -0.3 is 9.22 Å². The van der Waals surface area contributed by atoms with Crippen LogP contribution >= 0.6 is 0 Å². The third-order valence-electron chi connectivity index (χ3n) is 10.9. The van der Waals surface area contributed by atoms with Crippen molar-refractivity contribution in [3.63, 3.8) is 0 Å². The minimum absolute atomic E-state index is 0.0766. The van der Waals surface area contributed by atoms with E-state index in [0.29, 0.717) is 10.8 Å². The van der Waals surface area contributed by atoms with Gasteiger partial charge in [-0.25, -0.2) is 0 Å². The summed E-state index contributed by atoms with van der Waals surface area (Å²) in [6.07, 6.45) is 17.2. The lowest BCUT2D eigenvalue weighted by Crippen LogP contribution is -2.50. The van der Waals surface area contributed by atoms with Gasteiger partial charge in [0.05, 0.1) is 6.10 Å². The summed E-state index contributed by atoms with van der Waals surface area (Å²) in [6, 6.07) is 0. The molecule has 0 radical (unpaired) electrons. The van der Waals surface area contributed by atoms with Gasteiger partial charge in [-0.15, -0.1) is 0 Å². The van der Waals surface area contributed by atoms with Crippen molar-refractivity contribution < 1.29 is 9.22 Å². The fourth-order valence-electron chi connectivity index (χ4n) is 9.58. The van der Waals surface area contributed by atoms with Gasteiger partial charge in [0.25, 0.3) is 0 Å². The fraction of sp³-hybridized carbons (Fsp3) is 0.939. The highest BCUT2D eigenvalue weighted by molar-refractivity contribution is 6.83. The highest BCUT2D eigenvalue weighted by Gasteiger charge is 2.59. The third kappa shape index (κ3) is 7.64. The molecule has 3 fully saturated rings. The van der Waals surface area contributed by atoms with Gasteiger partial charge in [0.15, 0.2) is 16.6 Å². The van der Waals surface area contributed by atoms with E-state index in [1.807, 2.05) is 0 Å². The highest BCUT2D eigenvalue weighted by Crippen LogP contribution is 2.67. The summed E-state index contributed by atoms with van der Waals surface area (Å²) in [6.45, 7) is 26.0. The number of fused-ring (bicyclic) bond motifs is 5. The first-order chi connectivity index (χ1) is 17.0. The van der Waals surface area contributed by atoms with Crippen molar-refractivity contribution in [3.8, 4) is 0 Å². The van der Waals surface area contributed by atoms with Crippen LogP contribution in [0.1, 0.15) is 105 Å². The van der Waals surface area contributed by atoms with E-state index in [2.05, 4.69) is 80.0 Å². The van der Waals surface area contributed by atoms with Crippen LogP contribution in [0.2, 0.25) is 39.3 Å². The van der Waals surface area contributed by atoms with Crippen molar-refractivity contribution in [3.05, 3.63) is 11.6 Å². The number of rotatable bonds is 7. The first kappa shape index (κ1) is 31.6. The maximum absolute atomic E-state index is 10.2. The van der Waals surface area contributed by atoms with E-state index < -0.39 is 16.6 Å². The van der Waals surface area contributed by atoms with Gasteiger partial charge in [-0.3, -0.25) is 0 Å². The van der Waals surface area contributed by atoms with E-state index in [4.69, 9.17) is 4.12 Å². The van der Waals surface area contributed by atoms with E-state index in [1.165, 1.54) is 57.8 Å². The second kappa shape index (κ2) is 11.9. The zero-order valence-electron chi connectivity index (χ0n) is 26.8. The molecule has 0 aromatic carbocycles. The van der Waals surface area contributed by atoms with Crippen LogP contribution in [0.4, 0.5) is 0 Å². The molecule has 4 aliphatic carbocycles. The predicted molar refractivity (Wildman–Crippen MR) is 167 cm³/mol. The van der Waals surface area contributed by atoms with Crippen LogP contribution < -0.4 is 0 Å². The molecule has 8 atom stereocenters. The monoisotopic (exact) mass is 548 g/mol. The summed E-state index contributed by atoms with van der Waals surface area (Å²) in [5.41, 5.74) is 2.60. The molecule has 4 heteroatoms. The zero-order chi connectivity index (χ0) is 27.8. The number of aliphatic hydroxyl groups is 1. The molecular weight excluding hydrogens is 485 g/mol. The normalized spacial score (nSPS) is 38.6. The first-order valence-corrected chi connectivity index (χ1v) is 22.9. The molecule has 37 heavy (non-hydrogen) atoms. The lowest BCUT2D eigenvalue weighted by molar-refractivity contribution is -0.0573. The van der Waals surface area contributed by atoms with Crippen LogP contribution in [0.3, 0.4) is 0 Å². The van der Waals surface area contributed by atoms with Crippen molar-refractivity contribution in [1.29, 1.82) is 0 Å². The number of hydrogen-bond acceptors (Lipinski definition) is 2. The summed E-state index contributed by atoms with van der Waals surface area (Å²) < 4.78 is 5.90. The van der Waals surface area contributed by atoms with E-state index >= 15 is 0 Å². The summed E-state index contributed by atoms with van der Waals surface area (Å²) in [7, 11) is -2.46. The molecule has 0 aromatic heterocycles. The Morgan fingerprint density at radius 2 is 1.54 bits per heavy atom. The molecule has 0 amide bonds. The Morgan fingerprint density at radius 1 is 0.892 bits per heavy atom. The molecule has 4 aliphatic rings. The minimum Gasteiger partial charge on any atom is -0.456 e. The average molecular weight is 549 g/mol. The number of aliphatic hydroxyl groups excluding tert-OH is 1. The Kier molecular flexibility index (Phi) is 10.2. The second-order valence-electron chi connectivity index (χ2n) is 16.5. The van der Waals surface area contributed by atoms with Crippen molar-refractivity contribution in [2.45, 2.75) is 151 Å². The standard InChI is InChI=1S/C27H46O.C6H18OSi2/c1-18(2)7-6-8-19(3)23-11-12-24-22-10-9-20-17-21(28)13-15-26(20,4)25(22)14-16-27(23,24)5;1-8(2,3)7-9(4,5)6/h9,18-19,21-25,28H,6-8,10-17H2,1-5H3;1-6H3/t19-,21+,22+,23-,24+,25+,26+,27-;/m1./s1. The van der Waals surface area contributed by atoms with Gasteiger partial charge in [-0.2, -0.15) is 0 Å². The van der Waals surface area contributed by atoms with Gasteiger partial charge in [-0.05, 0) is 137 Å². The van der Waals surface area contributed by atoms with Gasteiger partial charge >= 0.3 is 0 Å². The largest absolute Gasteiger partial charge is 0.456 e. The molecule has 0 aliphatic heterocycles. The number of hydrogen-bond donors (Lipinski definition) is 1. The molecule has 216 valence electrons. The van der Waals surface area contributed by atoms with Gasteiger partial charge in [-0.1, -0.05) is 65.5 Å². The summed E-state index contributed by atoms with van der Waals surface area (Å²) >= 11 is 0.